The third-order valence-corrected chi connectivity index (χ3v) is 4.51. The van der Waals surface area contributed by atoms with Crippen molar-refractivity contribution in [3.05, 3.63) is 11.6 Å². The zero-order valence-electron chi connectivity index (χ0n) is 12.6. The molecule has 1 aromatic heterocycles. The minimum Gasteiger partial charge on any atom is -0.378 e. The number of aromatic nitrogens is 3. The fourth-order valence-electron chi connectivity index (χ4n) is 3.33. The van der Waals surface area contributed by atoms with Gasteiger partial charge in [-0.05, 0) is 39.5 Å². The molecule has 2 heterocycles. The fourth-order valence-corrected chi connectivity index (χ4v) is 3.33. The van der Waals surface area contributed by atoms with Gasteiger partial charge in [0, 0.05) is 25.6 Å². The SMILES string of the molecule is CCOC1CC(NC(C)c2nnc3n2CCCCC3)C1. The molecule has 0 saturated heterocycles. The van der Waals surface area contributed by atoms with Crippen LogP contribution in [0.1, 0.15) is 63.6 Å². The van der Waals surface area contributed by atoms with Gasteiger partial charge in [0.1, 0.15) is 11.6 Å². The smallest absolute Gasteiger partial charge is 0.149 e. The predicted molar refractivity (Wildman–Crippen MR) is 77.6 cm³/mol. The number of nitrogens with zero attached hydrogens (tertiary/aromatic N) is 3. The number of nitrogens with one attached hydrogen (secondary N) is 1. The first-order valence-electron chi connectivity index (χ1n) is 8.07. The zero-order valence-corrected chi connectivity index (χ0v) is 12.6. The lowest BCUT2D eigenvalue weighted by Gasteiger charge is -2.37. The summed E-state index contributed by atoms with van der Waals surface area (Å²) in [5, 5.41) is 12.5. The number of fused-ring (bicyclic) bond motifs is 1. The highest BCUT2D eigenvalue weighted by molar-refractivity contribution is 5.03. The Morgan fingerprint density at radius 3 is 2.95 bits per heavy atom. The summed E-state index contributed by atoms with van der Waals surface area (Å²) < 4.78 is 7.95. The van der Waals surface area contributed by atoms with E-state index in [1.807, 2.05) is 0 Å². The quantitative estimate of drug-likeness (QED) is 0.897. The molecule has 1 aliphatic heterocycles. The van der Waals surface area contributed by atoms with Crippen LogP contribution in [-0.4, -0.2) is 33.5 Å². The second-order valence-electron chi connectivity index (χ2n) is 6.07. The van der Waals surface area contributed by atoms with Gasteiger partial charge in [0.2, 0.25) is 0 Å². The van der Waals surface area contributed by atoms with Gasteiger partial charge in [-0.2, -0.15) is 0 Å². The Kier molecular flexibility index (Phi) is 4.36. The summed E-state index contributed by atoms with van der Waals surface area (Å²) in [7, 11) is 0. The summed E-state index contributed by atoms with van der Waals surface area (Å²) in [6, 6.07) is 0.849. The molecule has 1 aliphatic carbocycles. The van der Waals surface area contributed by atoms with Gasteiger partial charge in [0.15, 0.2) is 0 Å². The number of hydrogen-bond donors (Lipinski definition) is 1. The van der Waals surface area contributed by atoms with Crippen LogP contribution in [0.2, 0.25) is 0 Å². The summed E-state index contributed by atoms with van der Waals surface area (Å²) >= 11 is 0. The Bertz CT molecular complexity index is 439. The van der Waals surface area contributed by atoms with Gasteiger partial charge in [0.05, 0.1) is 12.1 Å². The van der Waals surface area contributed by atoms with E-state index in [4.69, 9.17) is 4.74 Å². The molecule has 5 nitrogen and oxygen atoms in total. The van der Waals surface area contributed by atoms with E-state index < -0.39 is 0 Å². The van der Waals surface area contributed by atoms with Crippen molar-refractivity contribution in [1.29, 1.82) is 0 Å². The largest absolute Gasteiger partial charge is 0.378 e. The Morgan fingerprint density at radius 2 is 2.15 bits per heavy atom. The molecule has 1 saturated carbocycles. The zero-order chi connectivity index (χ0) is 13.9. The first-order valence-corrected chi connectivity index (χ1v) is 8.07. The van der Waals surface area contributed by atoms with Crippen LogP contribution in [0.5, 0.6) is 0 Å². The fraction of sp³-hybridized carbons (Fsp3) is 0.867. The van der Waals surface area contributed by atoms with Crippen molar-refractivity contribution in [3.63, 3.8) is 0 Å². The first-order chi connectivity index (χ1) is 9.78. The second kappa shape index (κ2) is 6.22. The van der Waals surface area contributed by atoms with Crippen molar-refractivity contribution in [2.75, 3.05) is 6.61 Å². The molecule has 5 heteroatoms. The molecule has 2 aliphatic rings. The van der Waals surface area contributed by atoms with E-state index in [0.717, 1.165) is 38.2 Å². The molecule has 112 valence electrons. The average molecular weight is 278 g/mol. The molecule has 0 aromatic carbocycles. The normalized spacial score (nSPS) is 27.5. The van der Waals surface area contributed by atoms with Gasteiger partial charge in [-0.25, -0.2) is 0 Å². The Balaban J connectivity index is 1.58. The molecule has 1 N–H and O–H groups in total. The molecule has 20 heavy (non-hydrogen) atoms. The standard InChI is InChI=1S/C15H26N4O/c1-3-20-13-9-12(10-13)16-11(2)15-18-17-14-7-5-4-6-8-19(14)15/h11-13,16H,3-10H2,1-2H3. The molecular weight excluding hydrogens is 252 g/mol. The van der Waals surface area contributed by atoms with Crippen molar-refractivity contribution in [2.45, 2.75) is 77.1 Å². The Labute approximate surface area is 121 Å². The molecule has 0 radical (unpaired) electrons. The van der Waals surface area contributed by atoms with Gasteiger partial charge < -0.3 is 14.6 Å². The van der Waals surface area contributed by atoms with E-state index in [1.165, 1.54) is 25.1 Å². The van der Waals surface area contributed by atoms with Crippen LogP contribution in [0.4, 0.5) is 0 Å². The molecule has 0 spiro atoms. The number of hydrogen-bond acceptors (Lipinski definition) is 4. The van der Waals surface area contributed by atoms with Gasteiger partial charge in [0.25, 0.3) is 0 Å². The molecule has 1 aromatic rings. The first kappa shape index (κ1) is 14.0. The van der Waals surface area contributed by atoms with Crippen molar-refractivity contribution < 1.29 is 4.74 Å². The lowest BCUT2D eigenvalue weighted by molar-refractivity contribution is -0.0123. The summed E-state index contributed by atoms with van der Waals surface area (Å²) in [5.74, 6) is 2.29. The molecule has 1 unspecified atom stereocenters. The third kappa shape index (κ3) is 2.88. The highest BCUT2D eigenvalue weighted by Crippen LogP contribution is 2.26. The minimum absolute atomic E-state index is 0.280. The lowest BCUT2D eigenvalue weighted by atomic mass is 9.88. The monoisotopic (exact) mass is 278 g/mol. The number of ether oxygens (including phenoxy) is 1. The molecule has 0 amide bonds. The minimum atomic E-state index is 0.280. The van der Waals surface area contributed by atoms with Crippen LogP contribution in [0, 0.1) is 0 Å². The molecule has 3 rings (SSSR count). The molecule has 0 bridgehead atoms. The summed E-state index contributed by atoms with van der Waals surface area (Å²) in [6.07, 6.45) is 7.59. The van der Waals surface area contributed by atoms with Crippen molar-refractivity contribution >= 4 is 0 Å². The van der Waals surface area contributed by atoms with Crippen LogP contribution in [-0.2, 0) is 17.7 Å². The summed E-state index contributed by atoms with van der Waals surface area (Å²) in [5.41, 5.74) is 0. The number of rotatable bonds is 5. The van der Waals surface area contributed by atoms with E-state index in [0.29, 0.717) is 12.1 Å². The predicted octanol–water partition coefficient (Wildman–Crippen LogP) is 2.22. The van der Waals surface area contributed by atoms with E-state index in [1.54, 1.807) is 0 Å². The van der Waals surface area contributed by atoms with E-state index in [-0.39, 0.29) is 6.04 Å². The van der Waals surface area contributed by atoms with Crippen LogP contribution in [0.15, 0.2) is 0 Å². The molecule has 1 fully saturated rings. The summed E-state index contributed by atoms with van der Waals surface area (Å²) in [4.78, 5) is 0. The highest BCUT2D eigenvalue weighted by atomic mass is 16.5. The maximum absolute atomic E-state index is 5.61. The lowest BCUT2D eigenvalue weighted by Crippen LogP contribution is -2.46. The van der Waals surface area contributed by atoms with E-state index in [9.17, 15) is 0 Å². The number of aryl methyl sites for hydroxylation is 1. The molecule has 1 atom stereocenters. The Morgan fingerprint density at radius 1 is 1.30 bits per heavy atom. The van der Waals surface area contributed by atoms with Crippen molar-refractivity contribution in [3.8, 4) is 0 Å². The van der Waals surface area contributed by atoms with Crippen molar-refractivity contribution in [1.82, 2.24) is 20.1 Å². The maximum Gasteiger partial charge on any atom is 0.149 e. The van der Waals surface area contributed by atoms with E-state index >= 15 is 0 Å². The van der Waals surface area contributed by atoms with E-state index in [2.05, 4.69) is 33.9 Å². The Hall–Kier alpha value is -0.940. The van der Waals surface area contributed by atoms with Gasteiger partial charge in [-0.15, -0.1) is 10.2 Å². The van der Waals surface area contributed by atoms with Gasteiger partial charge in [-0.3, -0.25) is 0 Å². The van der Waals surface area contributed by atoms with Gasteiger partial charge >= 0.3 is 0 Å². The summed E-state index contributed by atoms with van der Waals surface area (Å²) in [6.45, 7) is 6.17. The van der Waals surface area contributed by atoms with Crippen LogP contribution < -0.4 is 5.32 Å². The second-order valence-corrected chi connectivity index (χ2v) is 6.07. The van der Waals surface area contributed by atoms with Gasteiger partial charge in [-0.1, -0.05) is 6.42 Å². The highest BCUT2D eigenvalue weighted by Gasteiger charge is 2.31. The van der Waals surface area contributed by atoms with Crippen LogP contribution >= 0.6 is 0 Å². The van der Waals surface area contributed by atoms with Crippen LogP contribution in [0.3, 0.4) is 0 Å². The maximum atomic E-state index is 5.61. The van der Waals surface area contributed by atoms with Crippen molar-refractivity contribution in [2.24, 2.45) is 0 Å². The van der Waals surface area contributed by atoms with Crippen LogP contribution in [0.25, 0.3) is 0 Å². The average Bonchev–Trinajstić information content (AvgIpc) is 2.65. The third-order valence-electron chi connectivity index (χ3n) is 4.51. The topological polar surface area (TPSA) is 52.0 Å². The molecular formula is C15H26N4O.